The molecule has 0 saturated heterocycles. The van der Waals surface area contributed by atoms with Crippen molar-refractivity contribution in [1.82, 2.24) is 0 Å². The Hall–Kier alpha value is -2.86. The summed E-state index contributed by atoms with van der Waals surface area (Å²) >= 11 is 0. The number of aryl methyl sites for hydroxylation is 1. The molecule has 2 aromatic carbocycles. The third-order valence-corrected chi connectivity index (χ3v) is 3.65. The number of ketones is 1. The number of nitriles is 1. The number of benzene rings is 2. The van der Waals surface area contributed by atoms with Crippen LogP contribution in [-0.4, -0.2) is 10.9 Å². The average molecular weight is 275 g/mol. The molecule has 0 fully saturated rings. The molecule has 0 spiro atoms. The van der Waals surface area contributed by atoms with Crippen LogP contribution in [0.4, 0.5) is 0 Å². The Morgan fingerprint density at radius 1 is 1.14 bits per heavy atom. The standard InChI is InChI=1S/C18H13NO2/c19-11-13-3-1-2-12(8-13)9-15-5-4-14-10-16(20)6-7-17(14)18(15)21/h1-3,6-10,20H,4-5H2/b15-9+. The number of carbonyl (C=O) groups excluding carboxylic acids is 1. The highest BCUT2D eigenvalue weighted by atomic mass is 16.3. The number of hydrogen-bond donors (Lipinski definition) is 1. The van der Waals surface area contributed by atoms with Gasteiger partial charge in [0.25, 0.3) is 0 Å². The number of aromatic hydroxyl groups is 1. The maximum Gasteiger partial charge on any atom is 0.189 e. The SMILES string of the molecule is N#Cc1cccc(/C=C2\CCc3cc(O)ccc3C2=O)c1. The van der Waals surface area contributed by atoms with E-state index in [4.69, 9.17) is 5.26 Å². The van der Waals surface area contributed by atoms with Gasteiger partial charge in [-0.3, -0.25) is 4.79 Å². The summed E-state index contributed by atoms with van der Waals surface area (Å²) in [5, 5.41) is 18.4. The van der Waals surface area contributed by atoms with Gasteiger partial charge < -0.3 is 5.11 Å². The molecule has 0 unspecified atom stereocenters. The average Bonchev–Trinajstić information content (AvgIpc) is 2.50. The van der Waals surface area contributed by atoms with Crippen molar-refractivity contribution in [3.05, 3.63) is 70.3 Å². The fraction of sp³-hybridized carbons (Fsp3) is 0.111. The van der Waals surface area contributed by atoms with Gasteiger partial charge in [-0.1, -0.05) is 12.1 Å². The molecule has 3 heteroatoms. The van der Waals surface area contributed by atoms with Gasteiger partial charge in [0, 0.05) is 11.1 Å². The first-order chi connectivity index (χ1) is 10.2. The number of hydrogen-bond acceptors (Lipinski definition) is 3. The number of rotatable bonds is 1. The number of phenols is 1. The molecule has 1 N–H and O–H groups in total. The molecular formula is C18H13NO2. The molecule has 1 aliphatic carbocycles. The Morgan fingerprint density at radius 3 is 2.81 bits per heavy atom. The highest BCUT2D eigenvalue weighted by Gasteiger charge is 2.21. The minimum Gasteiger partial charge on any atom is -0.508 e. The molecule has 0 bridgehead atoms. The lowest BCUT2D eigenvalue weighted by Crippen LogP contribution is -2.13. The number of allylic oxidation sites excluding steroid dienone is 1. The van der Waals surface area contributed by atoms with Crippen LogP contribution in [0, 0.1) is 11.3 Å². The lowest BCUT2D eigenvalue weighted by molar-refractivity contribution is 0.102. The van der Waals surface area contributed by atoms with Crippen LogP contribution in [0.2, 0.25) is 0 Å². The van der Waals surface area contributed by atoms with Gasteiger partial charge in [0.15, 0.2) is 5.78 Å². The number of Topliss-reactive ketones (excluding diaryl/α,β-unsaturated/α-hetero) is 1. The molecule has 0 radical (unpaired) electrons. The van der Waals surface area contributed by atoms with Crippen LogP contribution < -0.4 is 0 Å². The van der Waals surface area contributed by atoms with Crippen molar-refractivity contribution in [2.45, 2.75) is 12.8 Å². The zero-order valence-electron chi connectivity index (χ0n) is 11.3. The highest BCUT2D eigenvalue weighted by molar-refractivity contribution is 6.13. The monoisotopic (exact) mass is 275 g/mol. The summed E-state index contributed by atoms with van der Waals surface area (Å²) in [6.07, 6.45) is 3.23. The second-order valence-electron chi connectivity index (χ2n) is 5.08. The molecule has 2 aromatic rings. The van der Waals surface area contributed by atoms with Gasteiger partial charge in [-0.15, -0.1) is 0 Å². The summed E-state index contributed by atoms with van der Waals surface area (Å²) in [7, 11) is 0. The molecule has 102 valence electrons. The molecule has 0 saturated carbocycles. The summed E-state index contributed by atoms with van der Waals surface area (Å²) in [4.78, 5) is 12.5. The topological polar surface area (TPSA) is 61.1 Å². The normalized spacial score (nSPS) is 15.6. The zero-order valence-corrected chi connectivity index (χ0v) is 11.3. The van der Waals surface area contributed by atoms with Crippen LogP contribution in [-0.2, 0) is 6.42 Å². The maximum atomic E-state index is 12.5. The van der Waals surface area contributed by atoms with E-state index >= 15 is 0 Å². The molecular weight excluding hydrogens is 262 g/mol. The van der Waals surface area contributed by atoms with Crippen LogP contribution in [0.15, 0.2) is 48.0 Å². The first kappa shape index (κ1) is 13.1. The molecule has 0 amide bonds. The molecule has 3 nitrogen and oxygen atoms in total. The van der Waals surface area contributed by atoms with E-state index < -0.39 is 0 Å². The lowest BCUT2D eigenvalue weighted by atomic mass is 9.86. The Balaban J connectivity index is 1.98. The fourth-order valence-corrected chi connectivity index (χ4v) is 2.60. The molecule has 0 heterocycles. The first-order valence-corrected chi connectivity index (χ1v) is 6.75. The first-order valence-electron chi connectivity index (χ1n) is 6.75. The summed E-state index contributed by atoms with van der Waals surface area (Å²) in [6.45, 7) is 0. The lowest BCUT2D eigenvalue weighted by Gasteiger charge is -2.17. The Morgan fingerprint density at radius 2 is 2.00 bits per heavy atom. The number of nitrogens with zero attached hydrogens (tertiary/aromatic N) is 1. The molecule has 0 aromatic heterocycles. The third-order valence-electron chi connectivity index (χ3n) is 3.65. The number of phenolic OH excluding ortho intramolecular Hbond substituents is 1. The van der Waals surface area contributed by atoms with E-state index in [1.54, 1.807) is 24.3 Å². The van der Waals surface area contributed by atoms with Gasteiger partial charge in [-0.05, 0) is 60.4 Å². The van der Waals surface area contributed by atoms with Crippen LogP contribution in [0.25, 0.3) is 6.08 Å². The third kappa shape index (κ3) is 2.56. The van der Waals surface area contributed by atoms with Crippen molar-refractivity contribution >= 4 is 11.9 Å². The van der Waals surface area contributed by atoms with Gasteiger partial charge in [-0.25, -0.2) is 0 Å². The van der Waals surface area contributed by atoms with Crippen molar-refractivity contribution in [2.75, 3.05) is 0 Å². The number of carbonyl (C=O) groups is 1. The van der Waals surface area contributed by atoms with Crippen molar-refractivity contribution in [2.24, 2.45) is 0 Å². The maximum absolute atomic E-state index is 12.5. The largest absolute Gasteiger partial charge is 0.508 e. The predicted molar refractivity (Wildman–Crippen MR) is 79.9 cm³/mol. The van der Waals surface area contributed by atoms with Gasteiger partial charge in [0.05, 0.1) is 11.6 Å². The van der Waals surface area contributed by atoms with Gasteiger partial charge in [0.1, 0.15) is 5.75 Å². The second kappa shape index (κ2) is 5.26. The second-order valence-corrected chi connectivity index (χ2v) is 5.08. The van der Waals surface area contributed by atoms with Gasteiger partial charge >= 0.3 is 0 Å². The molecule has 0 aliphatic heterocycles. The van der Waals surface area contributed by atoms with Crippen LogP contribution in [0.3, 0.4) is 0 Å². The van der Waals surface area contributed by atoms with Crippen molar-refractivity contribution in [1.29, 1.82) is 5.26 Å². The van der Waals surface area contributed by atoms with E-state index in [0.29, 0.717) is 17.5 Å². The van der Waals surface area contributed by atoms with Crippen LogP contribution >= 0.6 is 0 Å². The summed E-state index contributed by atoms with van der Waals surface area (Å²) in [5.74, 6) is 0.189. The Kier molecular flexibility index (Phi) is 3.29. The van der Waals surface area contributed by atoms with Crippen LogP contribution in [0.1, 0.15) is 33.5 Å². The fourth-order valence-electron chi connectivity index (χ4n) is 2.60. The summed E-state index contributed by atoms with van der Waals surface area (Å²) < 4.78 is 0. The summed E-state index contributed by atoms with van der Waals surface area (Å²) in [6, 6.07) is 14.2. The van der Waals surface area contributed by atoms with Crippen molar-refractivity contribution in [3.8, 4) is 11.8 Å². The van der Waals surface area contributed by atoms with E-state index in [0.717, 1.165) is 23.1 Å². The van der Waals surface area contributed by atoms with E-state index in [2.05, 4.69) is 6.07 Å². The molecule has 3 rings (SSSR count). The van der Waals surface area contributed by atoms with E-state index in [9.17, 15) is 9.90 Å². The predicted octanol–water partition coefficient (Wildman–Crippen LogP) is 3.48. The molecule has 0 atom stereocenters. The minimum absolute atomic E-state index is 0.00129. The highest BCUT2D eigenvalue weighted by Crippen LogP contribution is 2.29. The van der Waals surface area contributed by atoms with Crippen molar-refractivity contribution in [3.63, 3.8) is 0 Å². The van der Waals surface area contributed by atoms with Crippen LogP contribution in [0.5, 0.6) is 5.75 Å². The minimum atomic E-state index is -0.00129. The molecule has 21 heavy (non-hydrogen) atoms. The molecule has 1 aliphatic rings. The quantitative estimate of drug-likeness (QED) is 0.810. The zero-order chi connectivity index (χ0) is 14.8. The van der Waals surface area contributed by atoms with E-state index in [1.807, 2.05) is 18.2 Å². The van der Waals surface area contributed by atoms with Crippen molar-refractivity contribution < 1.29 is 9.90 Å². The summed E-state index contributed by atoms with van der Waals surface area (Å²) in [5.41, 5.74) is 3.73. The van der Waals surface area contributed by atoms with E-state index in [1.165, 1.54) is 6.07 Å². The van der Waals surface area contributed by atoms with E-state index in [-0.39, 0.29) is 11.5 Å². The van der Waals surface area contributed by atoms with Gasteiger partial charge in [0.2, 0.25) is 0 Å². The number of fused-ring (bicyclic) bond motifs is 1. The smallest absolute Gasteiger partial charge is 0.189 e. The Labute approximate surface area is 122 Å². The van der Waals surface area contributed by atoms with Gasteiger partial charge in [-0.2, -0.15) is 5.26 Å². The Bertz CT molecular complexity index is 797.